The molecule has 0 saturated carbocycles. The number of nitrogens with zero attached hydrogens (tertiary/aromatic N) is 3. The topological polar surface area (TPSA) is 65.9 Å². The van der Waals surface area contributed by atoms with Gasteiger partial charge in [-0.1, -0.05) is 0 Å². The molecule has 0 amide bonds. The first-order chi connectivity index (χ1) is 7.07. The number of aromatic nitrogens is 1. The summed E-state index contributed by atoms with van der Waals surface area (Å²) >= 11 is 3.46. The largest absolute Gasteiger partial charge is 0.397 e. The Balaban J connectivity index is 2.96. The van der Waals surface area contributed by atoms with Gasteiger partial charge in [-0.05, 0) is 28.4 Å². The smallest absolute Gasteiger partial charge is 0.143 e. The molecule has 0 aliphatic heterocycles. The van der Waals surface area contributed by atoms with Crippen molar-refractivity contribution in [1.82, 2.24) is 4.98 Å². The van der Waals surface area contributed by atoms with E-state index in [-0.39, 0.29) is 0 Å². The molecular weight excluding hydrogens is 256 g/mol. The number of halogens is 1. The lowest BCUT2D eigenvalue weighted by atomic mass is 10.2. The number of hydrogen-bond acceptors (Lipinski definition) is 4. The first-order valence-corrected chi connectivity index (χ1v) is 5.36. The van der Waals surface area contributed by atoms with Crippen molar-refractivity contribution in [2.75, 3.05) is 24.2 Å². The van der Waals surface area contributed by atoms with E-state index in [4.69, 9.17) is 11.0 Å². The maximum Gasteiger partial charge on any atom is 0.143 e. The van der Waals surface area contributed by atoms with E-state index >= 15 is 0 Å². The zero-order chi connectivity index (χ0) is 11.4. The average Bonchev–Trinajstić information content (AvgIpc) is 2.23. The fourth-order valence-electron chi connectivity index (χ4n) is 1.17. The van der Waals surface area contributed by atoms with E-state index in [9.17, 15) is 0 Å². The van der Waals surface area contributed by atoms with Crippen molar-refractivity contribution >= 4 is 27.4 Å². The number of rotatable bonds is 3. The van der Waals surface area contributed by atoms with E-state index in [1.807, 2.05) is 18.9 Å². The Hall–Kier alpha value is -1.28. The number of hydrogen-bond donors (Lipinski definition) is 1. The first kappa shape index (κ1) is 11.8. The molecule has 0 fully saturated rings. The zero-order valence-electron chi connectivity index (χ0n) is 8.79. The fourth-order valence-corrected chi connectivity index (χ4v) is 1.80. The maximum atomic E-state index is 8.50. The summed E-state index contributed by atoms with van der Waals surface area (Å²) in [5, 5.41) is 8.50. The van der Waals surface area contributed by atoms with Crippen molar-refractivity contribution in [3.8, 4) is 6.07 Å². The van der Waals surface area contributed by atoms with Gasteiger partial charge in [0.1, 0.15) is 5.82 Å². The Morgan fingerprint density at radius 3 is 2.93 bits per heavy atom. The Morgan fingerprint density at radius 2 is 2.33 bits per heavy atom. The minimum atomic E-state index is 0.480. The molecule has 1 aromatic rings. The van der Waals surface area contributed by atoms with Crippen molar-refractivity contribution in [3.05, 3.63) is 16.2 Å². The summed E-state index contributed by atoms with van der Waals surface area (Å²) in [6, 6.07) is 2.10. The Kier molecular flexibility index (Phi) is 3.92. The molecular formula is C10H13BrN4. The molecule has 0 bridgehead atoms. The highest BCUT2D eigenvalue weighted by atomic mass is 79.9. The van der Waals surface area contributed by atoms with E-state index in [1.54, 1.807) is 6.20 Å². The lowest BCUT2D eigenvalue weighted by Crippen LogP contribution is -2.20. The Labute approximate surface area is 97.8 Å². The van der Waals surface area contributed by atoms with Crippen LogP contribution in [-0.4, -0.2) is 18.6 Å². The highest BCUT2D eigenvalue weighted by molar-refractivity contribution is 9.10. The number of nitrogen functional groups attached to an aromatic ring is 1. The summed E-state index contributed by atoms with van der Waals surface area (Å²) in [5.74, 6) is 0.817. The average molecular weight is 269 g/mol. The van der Waals surface area contributed by atoms with Gasteiger partial charge in [-0.3, -0.25) is 0 Å². The van der Waals surface area contributed by atoms with E-state index in [0.29, 0.717) is 18.7 Å². The molecule has 0 atom stereocenters. The summed E-state index contributed by atoms with van der Waals surface area (Å²) in [6.45, 7) is 2.59. The fraction of sp³-hybridized carbons (Fsp3) is 0.400. The third-order valence-electron chi connectivity index (χ3n) is 2.21. The van der Waals surface area contributed by atoms with Gasteiger partial charge in [0, 0.05) is 13.6 Å². The van der Waals surface area contributed by atoms with Crippen LogP contribution in [0.25, 0.3) is 0 Å². The molecule has 0 spiro atoms. The van der Waals surface area contributed by atoms with Crippen LogP contribution in [0.2, 0.25) is 0 Å². The van der Waals surface area contributed by atoms with Crippen LogP contribution in [0, 0.1) is 18.3 Å². The predicted octanol–water partition coefficient (Wildman–Crippen LogP) is 2.08. The lowest BCUT2D eigenvalue weighted by Gasteiger charge is -2.19. The van der Waals surface area contributed by atoms with Crippen molar-refractivity contribution < 1.29 is 0 Å². The highest BCUT2D eigenvalue weighted by Gasteiger charge is 2.10. The second-order valence-electron chi connectivity index (χ2n) is 3.31. The minimum Gasteiger partial charge on any atom is -0.397 e. The summed E-state index contributed by atoms with van der Waals surface area (Å²) in [7, 11) is 1.90. The van der Waals surface area contributed by atoms with Gasteiger partial charge in [0.25, 0.3) is 0 Å². The number of nitriles is 1. The molecule has 1 rings (SSSR count). The van der Waals surface area contributed by atoms with Crippen LogP contribution in [0.3, 0.4) is 0 Å². The normalized spacial score (nSPS) is 9.73. The van der Waals surface area contributed by atoms with Gasteiger partial charge in [-0.15, -0.1) is 0 Å². The second-order valence-corrected chi connectivity index (χ2v) is 4.10. The summed E-state index contributed by atoms with van der Waals surface area (Å²) in [4.78, 5) is 6.17. The van der Waals surface area contributed by atoms with Crippen LogP contribution in [0.1, 0.15) is 12.0 Å². The third kappa shape index (κ3) is 2.60. The van der Waals surface area contributed by atoms with Gasteiger partial charge in [0.2, 0.25) is 0 Å². The molecule has 1 heterocycles. The Morgan fingerprint density at radius 1 is 1.67 bits per heavy atom. The molecule has 0 aromatic carbocycles. The molecule has 0 aliphatic carbocycles. The number of nitrogens with two attached hydrogens (primary N) is 1. The quantitative estimate of drug-likeness (QED) is 0.912. The molecule has 2 N–H and O–H groups in total. The third-order valence-corrected chi connectivity index (χ3v) is 3.15. The standard InChI is InChI=1S/C10H13BrN4/c1-7-8(13)6-14-10(9(7)11)15(2)5-3-4-12/h6H,3,5,13H2,1-2H3. The van der Waals surface area contributed by atoms with Gasteiger partial charge in [0.15, 0.2) is 0 Å². The zero-order valence-corrected chi connectivity index (χ0v) is 10.4. The number of anilines is 2. The minimum absolute atomic E-state index is 0.480. The highest BCUT2D eigenvalue weighted by Crippen LogP contribution is 2.29. The van der Waals surface area contributed by atoms with E-state index in [1.165, 1.54) is 0 Å². The SMILES string of the molecule is Cc1c(N)cnc(N(C)CCC#N)c1Br. The van der Waals surface area contributed by atoms with Gasteiger partial charge < -0.3 is 10.6 Å². The molecule has 0 saturated heterocycles. The Bertz CT molecular complexity index is 397. The molecule has 4 nitrogen and oxygen atoms in total. The van der Waals surface area contributed by atoms with Crippen LogP contribution in [0.5, 0.6) is 0 Å². The van der Waals surface area contributed by atoms with Crippen molar-refractivity contribution in [2.45, 2.75) is 13.3 Å². The van der Waals surface area contributed by atoms with Crippen LogP contribution in [0.15, 0.2) is 10.7 Å². The second kappa shape index (κ2) is 4.99. The molecule has 0 radical (unpaired) electrons. The summed E-state index contributed by atoms with van der Waals surface area (Å²) in [6.07, 6.45) is 2.12. The van der Waals surface area contributed by atoms with Crippen LogP contribution < -0.4 is 10.6 Å². The van der Waals surface area contributed by atoms with Crippen molar-refractivity contribution in [2.24, 2.45) is 0 Å². The van der Waals surface area contributed by atoms with E-state index < -0.39 is 0 Å². The number of pyridine rings is 1. The van der Waals surface area contributed by atoms with E-state index in [2.05, 4.69) is 27.0 Å². The van der Waals surface area contributed by atoms with Crippen molar-refractivity contribution in [1.29, 1.82) is 5.26 Å². The monoisotopic (exact) mass is 268 g/mol. The molecule has 5 heteroatoms. The van der Waals surface area contributed by atoms with E-state index in [0.717, 1.165) is 15.9 Å². The predicted molar refractivity (Wildman–Crippen MR) is 64.6 cm³/mol. The van der Waals surface area contributed by atoms with Crippen LogP contribution >= 0.6 is 15.9 Å². The molecule has 15 heavy (non-hydrogen) atoms. The molecule has 0 aliphatic rings. The molecule has 80 valence electrons. The van der Waals surface area contributed by atoms with Gasteiger partial charge in [0.05, 0.1) is 28.8 Å². The van der Waals surface area contributed by atoms with Gasteiger partial charge >= 0.3 is 0 Å². The van der Waals surface area contributed by atoms with Gasteiger partial charge in [-0.25, -0.2) is 4.98 Å². The van der Waals surface area contributed by atoms with Crippen LogP contribution in [0.4, 0.5) is 11.5 Å². The van der Waals surface area contributed by atoms with Crippen molar-refractivity contribution in [3.63, 3.8) is 0 Å². The lowest BCUT2D eigenvalue weighted by molar-refractivity contribution is 0.880. The summed E-state index contributed by atoms with van der Waals surface area (Å²) in [5.41, 5.74) is 7.37. The van der Waals surface area contributed by atoms with Crippen LogP contribution in [-0.2, 0) is 0 Å². The molecule has 1 aromatic heterocycles. The van der Waals surface area contributed by atoms with Gasteiger partial charge in [-0.2, -0.15) is 5.26 Å². The first-order valence-electron chi connectivity index (χ1n) is 4.56. The maximum absolute atomic E-state index is 8.50. The summed E-state index contributed by atoms with van der Waals surface area (Å²) < 4.78 is 0.892. The molecule has 0 unspecified atom stereocenters.